The molecule has 0 aliphatic heterocycles. The molecule has 3 rings (SSSR count). The largest absolute Gasteiger partial charge is 0.265 e. The van der Waals surface area contributed by atoms with Crippen molar-refractivity contribution in [2.75, 3.05) is 4.72 Å². The molecule has 0 aliphatic rings. The molecule has 0 amide bonds. The van der Waals surface area contributed by atoms with Gasteiger partial charge in [-0.3, -0.25) is 9.40 Å². The van der Waals surface area contributed by atoms with E-state index in [1.807, 2.05) is 25.1 Å². The number of halogens is 2. The molecule has 1 heterocycles. The predicted molar refractivity (Wildman–Crippen MR) is 107 cm³/mol. The second-order valence-corrected chi connectivity index (χ2v) is 8.66. The van der Waals surface area contributed by atoms with Gasteiger partial charge in [0.25, 0.3) is 10.0 Å². The van der Waals surface area contributed by atoms with Crippen molar-refractivity contribution in [3.05, 3.63) is 75.4 Å². The molecule has 5 nitrogen and oxygen atoms in total. The van der Waals surface area contributed by atoms with Crippen LogP contribution in [0.25, 0.3) is 0 Å². The second kappa shape index (κ2) is 7.82. The Morgan fingerprint density at radius 3 is 2.50 bits per heavy atom. The lowest BCUT2D eigenvalue weighted by molar-refractivity contribution is 0.600. The molecule has 2 aromatic carbocycles. The van der Waals surface area contributed by atoms with Crippen LogP contribution in [-0.2, 0) is 23.0 Å². The zero-order chi connectivity index (χ0) is 18.7. The summed E-state index contributed by atoms with van der Waals surface area (Å²) in [6.45, 7) is 2.45. The third-order valence-electron chi connectivity index (χ3n) is 3.88. The van der Waals surface area contributed by atoms with E-state index in [9.17, 15) is 8.42 Å². The molecular weight excluding hydrogens is 438 g/mol. The number of sulfonamides is 1. The van der Waals surface area contributed by atoms with Crippen LogP contribution in [0.3, 0.4) is 0 Å². The summed E-state index contributed by atoms with van der Waals surface area (Å²) >= 11 is 9.52. The first-order valence-corrected chi connectivity index (χ1v) is 10.6. The van der Waals surface area contributed by atoms with Gasteiger partial charge in [-0.15, -0.1) is 0 Å². The number of aromatic nitrogens is 2. The summed E-state index contributed by atoms with van der Waals surface area (Å²) in [6.07, 6.45) is 2.56. The summed E-state index contributed by atoms with van der Waals surface area (Å²) in [7, 11) is -3.71. The Bertz CT molecular complexity index is 1020. The van der Waals surface area contributed by atoms with E-state index >= 15 is 0 Å². The SMILES string of the molecule is CCc1ccc(S(=O)(=O)Nc2nn(Cc3ccccc3Cl)cc2Br)cc1. The summed E-state index contributed by atoms with van der Waals surface area (Å²) in [5.74, 6) is 0.233. The highest BCUT2D eigenvalue weighted by molar-refractivity contribution is 9.10. The maximum atomic E-state index is 12.6. The number of hydrogen-bond donors (Lipinski definition) is 1. The van der Waals surface area contributed by atoms with E-state index in [-0.39, 0.29) is 10.7 Å². The number of anilines is 1. The molecule has 26 heavy (non-hydrogen) atoms. The van der Waals surface area contributed by atoms with Gasteiger partial charge >= 0.3 is 0 Å². The van der Waals surface area contributed by atoms with Gasteiger partial charge in [0.15, 0.2) is 5.82 Å². The van der Waals surface area contributed by atoms with Gasteiger partial charge in [0.1, 0.15) is 0 Å². The van der Waals surface area contributed by atoms with Crippen LogP contribution in [0, 0.1) is 0 Å². The van der Waals surface area contributed by atoms with Crippen molar-refractivity contribution in [1.82, 2.24) is 9.78 Å². The van der Waals surface area contributed by atoms with E-state index in [1.165, 1.54) is 0 Å². The standard InChI is InChI=1S/C18H17BrClN3O2S/c1-2-13-7-9-15(10-8-13)26(24,25)22-18-16(19)12-23(21-18)11-14-5-3-4-6-17(14)20/h3-10,12H,2,11H2,1H3,(H,21,22). The van der Waals surface area contributed by atoms with Crippen molar-refractivity contribution in [1.29, 1.82) is 0 Å². The topological polar surface area (TPSA) is 64.0 Å². The third kappa shape index (κ3) is 4.28. The zero-order valence-corrected chi connectivity index (χ0v) is 17.1. The van der Waals surface area contributed by atoms with Crippen molar-refractivity contribution < 1.29 is 8.42 Å². The number of rotatable bonds is 6. The van der Waals surface area contributed by atoms with Crippen LogP contribution in [-0.4, -0.2) is 18.2 Å². The molecule has 0 radical (unpaired) electrons. The Morgan fingerprint density at radius 2 is 1.85 bits per heavy atom. The minimum absolute atomic E-state index is 0.197. The molecular formula is C18H17BrClN3O2S. The number of benzene rings is 2. The summed E-state index contributed by atoms with van der Waals surface area (Å²) in [5.41, 5.74) is 1.97. The normalized spacial score (nSPS) is 11.5. The summed E-state index contributed by atoms with van der Waals surface area (Å²) in [6, 6.07) is 14.2. The molecule has 0 spiro atoms. The van der Waals surface area contributed by atoms with Crippen LogP contribution in [0.15, 0.2) is 64.1 Å². The molecule has 0 bridgehead atoms. The van der Waals surface area contributed by atoms with Crippen molar-refractivity contribution in [3.63, 3.8) is 0 Å². The molecule has 1 N–H and O–H groups in total. The van der Waals surface area contributed by atoms with Gasteiger partial charge in [0.05, 0.1) is 15.9 Å². The van der Waals surface area contributed by atoms with E-state index in [2.05, 4.69) is 25.8 Å². The maximum absolute atomic E-state index is 12.6. The number of nitrogens with zero attached hydrogens (tertiary/aromatic N) is 2. The fraction of sp³-hybridized carbons (Fsp3) is 0.167. The third-order valence-corrected chi connectivity index (χ3v) is 6.18. The fourth-order valence-electron chi connectivity index (χ4n) is 2.44. The van der Waals surface area contributed by atoms with Gasteiger partial charge in [-0.2, -0.15) is 5.10 Å². The fourth-order valence-corrected chi connectivity index (χ4v) is 4.20. The number of nitrogens with one attached hydrogen (secondary N) is 1. The van der Waals surface area contributed by atoms with Crippen LogP contribution in [0.4, 0.5) is 5.82 Å². The molecule has 8 heteroatoms. The van der Waals surface area contributed by atoms with Crippen LogP contribution in [0.5, 0.6) is 0 Å². The monoisotopic (exact) mass is 453 g/mol. The van der Waals surface area contributed by atoms with Gasteiger partial charge in [-0.25, -0.2) is 8.42 Å². The summed E-state index contributed by atoms with van der Waals surface area (Å²) < 4.78 is 29.8. The molecule has 3 aromatic rings. The average molecular weight is 455 g/mol. The van der Waals surface area contributed by atoms with Crippen LogP contribution < -0.4 is 4.72 Å². The molecule has 0 atom stereocenters. The van der Waals surface area contributed by atoms with Crippen molar-refractivity contribution in [2.24, 2.45) is 0 Å². The van der Waals surface area contributed by atoms with Crippen molar-refractivity contribution in [3.8, 4) is 0 Å². The molecule has 0 fully saturated rings. The molecule has 0 saturated carbocycles. The van der Waals surface area contributed by atoms with Crippen molar-refractivity contribution in [2.45, 2.75) is 24.8 Å². The molecule has 0 saturated heterocycles. The minimum atomic E-state index is -3.71. The predicted octanol–water partition coefficient (Wildman–Crippen LogP) is 4.71. The van der Waals surface area contributed by atoms with Crippen LogP contribution in [0.2, 0.25) is 5.02 Å². The average Bonchev–Trinajstić information content (AvgIpc) is 2.95. The molecule has 0 unspecified atom stereocenters. The van der Waals surface area contributed by atoms with Gasteiger partial charge in [-0.1, -0.05) is 48.9 Å². The summed E-state index contributed by atoms with van der Waals surface area (Å²) in [5, 5.41) is 4.95. The van der Waals surface area contributed by atoms with E-state index < -0.39 is 10.0 Å². The zero-order valence-electron chi connectivity index (χ0n) is 14.0. The lowest BCUT2D eigenvalue weighted by Gasteiger charge is -2.07. The van der Waals surface area contributed by atoms with E-state index in [4.69, 9.17) is 11.6 Å². The van der Waals surface area contributed by atoms with Gasteiger partial charge in [0.2, 0.25) is 0 Å². The van der Waals surface area contributed by atoms with Gasteiger partial charge < -0.3 is 0 Å². The van der Waals surface area contributed by atoms with E-state index in [1.54, 1.807) is 41.2 Å². The van der Waals surface area contributed by atoms with Crippen LogP contribution in [0.1, 0.15) is 18.1 Å². The lowest BCUT2D eigenvalue weighted by Crippen LogP contribution is -2.14. The number of aryl methyl sites for hydroxylation is 1. The van der Waals surface area contributed by atoms with E-state index in [0.29, 0.717) is 16.0 Å². The Balaban J connectivity index is 1.81. The number of hydrogen-bond acceptors (Lipinski definition) is 3. The highest BCUT2D eigenvalue weighted by Gasteiger charge is 2.18. The molecule has 1 aromatic heterocycles. The lowest BCUT2D eigenvalue weighted by atomic mass is 10.2. The first-order chi connectivity index (χ1) is 12.4. The van der Waals surface area contributed by atoms with Gasteiger partial charge in [0, 0.05) is 11.2 Å². The Kier molecular flexibility index (Phi) is 5.70. The van der Waals surface area contributed by atoms with Crippen molar-refractivity contribution >= 4 is 43.4 Å². The maximum Gasteiger partial charge on any atom is 0.263 e. The van der Waals surface area contributed by atoms with Crippen LogP contribution >= 0.6 is 27.5 Å². The first-order valence-electron chi connectivity index (χ1n) is 7.97. The smallest absolute Gasteiger partial charge is 0.263 e. The Hall–Kier alpha value is -1.83. The van der Waals surface area contributed by atoms with E-state index in [0.717, 1.165) is 17.5 Å². The first kappa shape index (κ1) is 18.9. The highest BCUT2D eigenvalue weighted by Crippen LogP contribution is 2.25. The molecule has 0 aliphatic carbocycles. The second-order valence-electron chi connectivity index (χ2n) is 5.72. The summed E-state index contributed by atoms with van der Waals surface area (Å²) in [4.78, 5) is 0.197. The Labute approximate surface area is 166 Å². The Morgan fingerprint density at radius 1 is 1.15 bits per heavy atom. The molecule has 136 valence electrons. The minimum Gasteiger partial charge on any atom is -0.265 e. The quantitative estimate of drug-likeness (QED) is 0.586. The van der Waals surface area contributed by atoms with Gasteiger partial charge in [-0.05, 0) is 51.7 Å². The highest BCUT2D eigenvalue weighted by atomic mass is 79.9.